The fourth-order valence-electron chi connectivity index (χ4n) is 2.75. The first-order valence-corrected chi connectivity index (χ1v) is 8.98. The van der Waals surface area contributed by atoms with E-state index in [0.29, 0.717) is 31.7 Å². The van der Waals surface area contributed by atoms with E-state index in [9.17, 15) is 13.7 Å². The van der Waals surface area contributed by atoms with E-state index >= 15 is 0 Å². The van der Waals surface area contributed by atoms with Gasteiger partial charge in [0, 0.05) is 26.2 Å². The van der Waals surface area contributed by atoms with Crippen LogP contribution in [-0.4, -0.2) is 49.8 Å². The van der Waals surface area contributed by atoms with Crippen LogP contribution in [0, 0.1) is 28.6 Å². The van der Waals surface area contributed by atoms with Crippen LogP contribution in [0.2, 0.25) is 0 Å². The Morgan fingerprint density at radius 1 is 1.13 bits per heavy atom. The van der Waals surface area contributed by atoms with Crippen LogP contribution in [-0.2, 0) is 10.0 Å². The van der Waals surface area contributed by atoms with Crippen molar-refractivity contribution in [3.63, 3.8) is 0 Å². The first kappa shape index (κ1) is 17.4. The molecule has 0 spiro atoms. The van der Waals surface area contributed by atoms with E-state index < -0.39 is 10.0 Å². The summed E-state index contributed by atoms with van der Waals surface area (Å²) in [5, 5.41) is 18.2. The number of sulfonamides is 1. The average molecular weight is 332 g/mol. The van der Waals surface area contributed by atoms with E-state index in [1.807, 2.05) is 24.8 Å². The standard InChI is InChI=1S/C16H20N4O2S/c1-13(2)16(12-18)19-6-8-20(9-7-19)23(21,22)15-5-3-4-14(10-15)11-17/h3-5,10,13,16H,6-9H2,1-2H3/t16-/m1/s1. The molecule has 1 aliphatic heterocycles. The molecule has 1 aliphatic rings. The molecule has 1 saturated heterocycles. The summed E-state index contributed by atoms with van der Waals surface area (Å²) in [6.07, 6.45) is 0. The lowest BCUT2D eigenvalue weighted by Crippen LogP contribution is -2.52. The Labute approximate surface area is 137 Å². The number of hydrogen-bond donors (Lipinski definition) is 0. The van der Waals surface area contributed by atoms with E-state index in [2.05, 4.69) is 6.07 Å². The predicted octanol–water partition coefficient (Wildman–Crippen LogP) is 1.41. The summed E-state index contributed by atoms with van der Waals surface area (Å²) >= 11 is 0. The molecule has 0 radical (unpaired) electrons. The third-order valence-electron chi connectivity index (χ3n) is 4.03. The Kier molecular flexibility index (Phi) is 5.38. The van der Waals surface area contributed by atoms with Gasteiger partial charge in [-0.1, -0.05) is 19.9 Å². The number of rotatable bonds is 4. The number of hydrogen-bond acceptors (Lipinski definition) is 5. The van der Waals surface area contributed by atoms with Crippen molar-refractivity contribution in [3.8, 4) is 12.1 Å². The highest BCUT2D eigenvalue weighted by molar-refractivity contribution is 7.89. The summed E-state index contributed by atoms with van der Waals surface area (Å²) in [6.45, 7) is 5.75. The van der Waals surface area contributed by atoms with Crippen LogP contribution in [0.3, 0.4) is 0 Å². The molecule has 6 nitrogen and oxygen atoms in total. The zero-order valence-corrected chi connectivity index (χ0v) is 14.1. The van der Waals surface area contributed by atoms with Gasteiger partial charge in [-0.2, -0.15) is 14.8 Å². The van der Waals surface area contributed by atoms with E-state index in [0.717, 1.165) is 0 Å². The van der Waals surface area contributed by atoms with Crippen LogP contribution in [0.5, 0.6) is 0 Å². The molecule has 0 aliphatic carbocycles. The lowest BCUT2D eigenvalue weighted by Gasteiger charge is -2.37. The number of piperazine rings is 1. The van der Waals surface area contributed by atoms with E-state index in [1.165, 1.54) is 16.4 Å². The van der Waals surface area contributed by atoms with Gasteiger partial charge in [0.25, 0.3) is 0 Å². The molecule has 0 bridgehead atoms. The van der Waals surface area contributed by atoms with Crippen molar-refractivity contribution in [2.75, 3.05) is 26.2 Å². The van der Waals surface area contributed by atoms with Gasteiger partial charge in [-0.3, -0.25) is 4.90 Å². The van der Waals surface area contributed by atoms with Crippen molar-refractivity contribution >= 4 is 10.0 Å². The molecule has 2 rings (SSSR count). The van der Waals surface area contributed by atoms with Gasteiger partial charge in [0.05, 0.1) is 22.6 Å². The molecule has 122 valence electrons. The zero-order chi connectivity index (χ0) is 17.0. The number of nitrogens with zero attached hydrogens (tertiary/aromatic N) is 4. The summed E-state index contributed by atoms with van der Waals surface area (Å²) in [4.78, 5) is 2.17. The highest BCUT2D eigenvalue weighted by Gasteiger charge is 2.32. The highest BCUT2D eigenvalue weighted by atomic mass is 32.2. The van der Waals surface area contributed by atoms with Crippen LogP contribution < -0.4 is 0 Å². The smallest absolute Gasteiger partial charge is 0.243 e. The molecule has 1 atom stereocenters. The second-order valence-corrected chi connectivity index (χ2v) is 7.84. The van der Waals surface area contributed by atoms with Gasteiger partial charge >= 0.3 is 0 Å². The van der Waals surface area contributed by atoms with Gasteiger partial charge < -0.3 is 0 Å². The summed E-state index contributed by atoms with van der Waals surface area (Å²) in [6, 6.07) is 10.1. The van der Waals surface area contributed by atoms with Crippen LogP contribution >= 0.6 is 0 Å². The summed E-state index contributed by atoms with van der Waals surface area (Å²) in [5.74, 6) is 0.204. The lowest BCUT2D eigenvalue weighted by atomic mass is 10.0. The first-order chi connectivity index (χ1) is 10.9. The minimum Gasteiger partial charge on any atom is -0.285 e. The molecule has 1 fully saturated rings. The Hall–Kier alpha value is -1.93. The fourth-order valence-corrected chi connectivity index (χ4v) is 4.22. The Bertz CT molecular complexity index is 738. The molecule has 1 heterocycles. The first-order valence-electron chi connectivity index (χ1n) is 7.54. The largest absolute Gasteiger partial charge is 0.285 e. The maximum Gasteiger partial charge on any atom is 0.243 e. The summed E-state index contributed by atoms with van der Waals surface area (Å²) in [5.41, 5.74) is 0.328. The molecule has 7 heteroatoms. The Balaban J connectivity index is 2.13. The average Bonchev–Trinajstić information content (AvgIpc) is 2.55. The van der Waals surface area contributed by atoms with Crippen molar-refractivity contribution in [1.82, 2.24) is 9.21 Å². The molecule has 0 unspecified atom stereocenters. The third-order valence-corrected chi connectivity index (χ3v) is 5.93. The van der Waals surface area contributed by atoms with Crippen LogP contribution in [0.1, 0.15) is 19.4 Å². The lowest BCUT2D eigenvalue weighted by molar-refractivity contribution is 0.138. The summed E-state index contributed by atoms with van der Waals surface area (Å²) in [7, 11) is -3.60. The van der Waals surface area contributed by atoms with Gasteiger partial charge in [0.15, 0.2) is 0 Å². The van der Waals surface area contributed by atoms with E-state index in [-0.39, 0.29) is 16.9 Å². The van der Waals surface area contributed by atoms with Gasteiger partial charge in [-0.15, -0.1) is 0 Å². The highest BCUT2D eigenvalue weighted by Crippen LogP contribution is 2.20. The maximum absolute atomic E-state index is 12.7. The van der Waals surface area contributed by atoms with E-state index in [4.69, 9.17) is 5.26 Å². The summed E-state index contributed by atoms with van der Waals surface area (Å²) < 4.78 is 26.8. The van der Waals surface area contributed by atoms with Crippen LogP contribution in [0.4, 0.5) is 0 Å². The minimum atomic E-state index is -3.60. The van der Waals surface area contributed by atoms with Crippen LogP contribution in [0.25, 0.3) is 0 Å². The third kappa shape index (κ3) is 3.70. The SMILES string of the molecule is CC(C)[C@@H](C#N)N1CCN(S(=O)(=O)c2cccc(C#N)c2)CC1. The second kappa shape index (κ2) is 7.10. The second-order valence-electron chi connectivity index (χ2n) is 5.90. The van der Waals surface area contributed by atoms with Crippen molar-refractivity contribution in [2.45, 2.75) is 24.8 Å². The molecular weight excluding hydrogens is 312 g/mol. The minimum absolute atomic E-state index is 0.144. The fraction of sp³-hybridized carbons (Fsp3) is 0.500. The molecule has 0 amide bonds. The van der Waals surface area contributed by atoms with Gasteiger partial charge in [-0.25, -0.2) is 8.42 Å². The van der Waals surface area contributed by atoms with Crippen molar-refractivity contribution in [1.29, 1.82) is 10.5 Å². The maximum atomic E-state index is 12.7. The molecule has 0 N–H and O–H groups in total. The van der Waals surface area contributed by atoms with Crippen molar-refractivity contribution in [3.05, 3.63) is 29.8 Å². The molecule has 1 aromatic carbocycles. The topological polar surface area (TPSA) is 88.2 Å². The Morgan fingerprint density at radius 3 is 2.30 bits per heavy atom. The van der Waals surface area contributed by atoms with Crippen molar-refractivity contribution < 1.29 is 8.42 Å². The van der Waals surface area contributed by atoms with E-state index in [1.54, 1.807) is 12.1 Å². The molecular formula is C16H20N4O2S. The van der Waals surface area contributed by atoms with Gasteiger partial charge in [0.2, 0.25) is 10.0 Å². The Morgan fingerprint density at radius 2 is 1.78 bits per heavy atom. The zero-order valence-electron chi connectivity index (χ0n) is 13.3. The molecule has 1 aromatic rings. The number of nitriles is 2. The van der Waals surface area contributed by atoms with Crippen LogP contribution in [0.15, 0.2) is 29.2 Å². The normalized spacial score (nSPS) is 18.3. The molecule has 0 aromatic heterocycles. The van der Waals surface area contributed by atoms with Gasteiger partial charge in [-0.05, 0) is 24.1 Å². The molecule has 23 heavy (non-hydrogen) atoms. The van der Waals surface area contributed by atoms with Crippen molar-refractivity contribution in [2.24, 2.45) is 5.92 Å². The number of benzene rings is 1. The predicted molar refractivity (Wildman–Crippen MR) is 85.7 cm³/mol. The quantitative estimate of drug-likeness (QED) is 0.832. The molecule has 0 saturated carbocycles. The monoisotopic (exact) mass is 332 g/mol. The van der Waals surface area contributed by atoms with Gasteiger partial charge in [0.1, 0.15) is 6.04 Å².